The summed E-state index contributed by atoms with van der Waals surface area (Å²) < 4.78 is 5.53. The second-order valence-corrected chi connectivity index (χ2v) is 6.56. The molecule has 0 saturated carbocycles. The number of nitrogens with zero attached hydrogens (tertiary/aromatic N) is 1. The molecule has 2 atom stereocenters. The van der Waals surface area contributed by atoms with Crippen LogP contribution in [-0.2, 0) is 4.74 Å². The zero-order valence-corrected chi connectivity index (χ0v) is 12.7. The predicted molar refractivity (Wildman–Crippen MR) is 73.7 cm³/mol. The molecule has 0 radical (unpaired) electrons. The SMILES string of the molecule is CNCC1(C)C(C)CCCN1C(=O)OC(C)(C)C. The molecule has 1 saturated heterocycles. The third kappa shape index (κ3) is 3.37. The molecule has 2 unspecified atom stereocenters. The van der Waals surface area contributed by atoms with E-state index in [0.717, 1.165) is 25.9 Å². The summed E-state index contributed by atoms with van der Waals surface area (Å²) in [5, 5.41) is 3.21. The Hall–Kier alpha value is -0.770. The smallest absolute Gasteiger partial charge is 0.410 e. The van der Waals surface area contributed by atoms with E-state index in [2.05, 4.69) is 19.2 Å². The third-order valence-electron chi connectivity index (χ3n) is 3.85. The lowest BCUT2D eigenvalue weighted by Crippen LogP contribution is -2.61. The Kier molecular flexibility index (Phi) is 4.65. The van der Waals surface area contributed by atoms with Crippen molar-refractivity contribution in [2.75, 3.05) is 20.1 Å². The molecule has 1 N–H and O–H groups in total. The van der Waals surface area contributed by atoms with Crippen LogP contribution in [0.25, 0.3) is 0 Å². The fraction of sp³-hybridized carbons (Fsp3) is 0.929. The van der Waals surface area contributed by atoms with E-state index in [9.17, 15) is 4.79 Å². The van der Waals surface area contributed by atoms with E-state index >= 15 is 0 Å². The fourth-order valence-electron chi connectivity index (χ4n) is 2.63. The molecular formula is C14H28N2O2. The van der Waals surface area contributed by atoms with Crippen LogP contribution in [0.2, 0.25) is 0 Å². The number of piperidine rings is 1. The largest absolute Gasteiger partial charge is 0.444 e. The molecule has 1 heterocycles. The third-order valence-corrected chi connectivity index (χ3v) is 3.85. The van der Waals surface area contributed by atoms with Crippen molar-refractivity contribution in [3.63, 3.8) is 0 Å². The van der Waals surface area contributed by atoms with Crippen molar-refractivity contribution in [2.45, 2.75) is 58.6 Å². The highest BCUT2D eigenvalue weighted by atomic mass is 16.6. The summed E-state index contributed by atoms with van der Waals surface area (Å²) in [6.45, 7) is 11.7. The van der Waals surface area contributed by atoms with E-state index in [1.165, 1.54) is 0 Å². The van der Waals surface area contributed by atoms with E-state index in [1.807, 2.05) is 32.7 Å². The maximum absolute atomic E-state index is 12.3. The molecule has 106 valence electrons. The van der Waals surface area contributed by atoms with Gasteiger partial charge in [0.1, 0.15) is 5.60 Å². The monoisotopic (exact) mass is 256 g/mol. The molecular weight excluding hydrogens is 228 g/mol. The van der Waals surface area contributed by atoms with Crippen molar-refractivity contribution >= 4 is 6.09 Å². The number of amides is 1. The minimum atomic E-state index is -0.432. The lowest BCUT2D eigenvalue weighted by molar-refractivity contribution is -0.0265. The first-order valence-electron chi connectivity index (χ1n) is 6.86. The topological polar surface area (TPSA) is 41.6 Å². The Morgan fingerprint density at radius 2 is 2.11 bits per heavy atom. The molecule has 0 aromatic carbocycles. The normalized spacial score (nSPS) is 29.2. The Balaban J connectivity index is 2.86. The second-order valence-electron chi connectivity index (χ2n) is 6.56. The molecule has 1 rings (SSSR count). The number of rotatable bonds is 2. The number of carbonyl (C=O) groups excluding carboxylic acids is 1. The van der Waals surface area contributed by atoms with E-state index in [4.69, 9.17) is 4.74 Å². The van der Waals surface area contributed by atoms with E-state index in [0.29, 0.717) is 5.92 Å². The van der Waals surface area contributed by atoms with Crippen molar-refractivity contribution in [1.29, 1.82) is 0 Å². The Bertz CT molecular complexity index is 299. The van der Waals surface area contributed by atoms with Gasteiger partial charge in [0.15, 0.2) is 0 Å². The predicted octanol–water partition coefficient (Wildman–Crippen LogP) is 2.63. The molecule has 0 bridgehead atoms. The van der Waals surface area contributed by atoms with Gasteiger partial charge in [-0.15, -0.1) is 0 Å². The summed E-state index contributed by atoms with van der Waals surface area (Å²) >= 11 is 0. The molecule has 18 heavy (non-hydrogen) atoms. The van der Waals surface area contributed by atoms with Crippen LogP contribution in [0, 0.1) is 5.92 Å². The standard InChI is InChI=1S/C14H28N2O2/c1-11-8-7-9-16(14(11,5)10-15-6)12(17)18-13(2,3)4/h11,15H,7-10H2,1-6H3. The van der Waals surface area contributed by atoms with E-state index in [-0.39, 0.29) is 11.6 Å². The van der Waals surface area contributed by atoms with Gasteiger partial charge in [0, 0.05) is 13.1 Å². The average molecular weight is 256 g/mol. The van der Waals surface area contributed by atoms with Crippen LogP contribution >= 0.6 is 0 Å². The first-order valence-corrected chi connectivity index (χ1v) is 6.86. The Labute approximate surface area is 111 Å². The van der Waals surface area contributed by atoms with Crippen LogP contribution in [0.1, 0.15) is 47.5 Å². The maximum atomic E-state index is 12.3. The van der Waals surface area contributed by atoms with Gasteiger partial charge in [-0.25, -0.2) is 4.79 Å². The molecule has 1 aliphatic heterocycles. The fourth-order valence-corrected chi connectivity index (χ4v) is 2.63. The maximum Gasteiger partial charge on any atom is 0.410 e. The van der Waals surface area contributed by atoms with Gasteiger partial charge in [-0.3, -0.25) is 0 Å². The highest BCUT2D eigenvalue weighted by Crippen LogP contribution is 2.34. The van der Waals surface area contributed by atoms with Crippen LogP contribution in [0.3, 0.4) is 0 Å². The Morgan fingerprint density at radius 3 is 2.61 bits per heavy atom. The summed E-state index contributed by atoms with van der Waals surface area (Å²) in [6.07, 6.45) is 2.03. The number of likely N-dealkylation sites (tertiary alicyclic amines) is 1. The summed E-state index contributed by atoms with van der Waals surface area (Å²) in [5.41, 5.74) is -0.590. The molecule has 0 aliphatic carbocycles. The zero-order chi connectivity index (χ0) is 14.0. The van der Waals surface area contributed by atoms with Crippen molar-refractivity contribution in [1.82, 2.24) is 10.2 Å². The molecule has 0 aromatic rings. The van der Waals surface area contributed by atoms with Crippen molar-refractivity contribution in [2.24, 2.45) is 5.92 Å². The number of likely N-dealkylation sites (N-methyl/N-ethyl adjacent to an activating group) is 1. The van der Waals surface area contributed by atoms with Gasteiger partial charge in [-0.05, 0) is 53.5 Å². The van der Waals surface area contributed by atoms with Gasteiger partial charge in [0.25, 0.3) is 0 Å². The summed E-state index contributed by atoms with van der Waals surface area (Å²) in [5.74, 6) is 0.478. The lowest BCUT2D eigenvalue weighted by Gasteiger charge is -2.49. The van der Waals surface area contributed by atoms with Gasteiger partial charge >= 0.3 is 6.09 Å². The van der Waals surface area contributed by atoms with Gasteiger partial charge in [-0.2, -0.15) is 0 Å². The van der Waals surface area contributed by atoms with Crippen LogP contribution < -0.4 is 5.32 Å². The first kappa shape index (κ1) is 15.3. The van der Waals surface area contributed by atoms with Gasteiger partial charge < -0.3 is 15.0 Å². The number of carbonyl (C=O) groups is 1. The van der Waals surface area contributed by atoms with Gasteiger partial charge in [0.2, 0.25) is 0 Å². The number of hydrogen-bond acceptors (Lipinski definition) is 3. The number of nitrogens with one attached hydrogen (secondary N) is 1. The first-order chi connectivity index (χ1) is 8.20. The molecule has 0 spiro atoms. The molecule has 1 amide bonds. The number of hydrogen-bond donors (Lipinski definition) is 1. The van der Waals surface area contributed by atoms with Crippen molar-refractivity contribution in [3.05, 3.63) is 0 Å². The van der Waals surface area contributed by atoms with Crippen molar-refractivity contribution in [3.8, 4) is 0 Å². The second kappa shape index (κ2) is 5.47. The highest BCUT2D eigenvalue weighted by Gasteiger charge is 2.43. The molecule has 1 aliphatic rings. The minimum absolute atomic E-state index is 0.157. The lowest BCUT2D eigenvalue weighted by atomic mass is 9.79. The molecule has 4 heteroatoms. The van der Waals surface area contributed by atoms with Crippen LogP contribution in [0.5, 0.6) is 0 Å². The van der Waals surface area contributed by atoms with Crippen LogP contribution in [0.15, 0.2) is 0 Å². The molecule has 4 nitrogen and oxygen atoms in total. The van der Waals surface area contributed by atoms with Crippen LogP contribution in [0.4, 0.5) is 4.79 Å². The minimum Gasteiger partial charge on any atom is -0.444 e. The zero-order valence-electron chi connectivity index (χ0n) is 12.7. The van der Waals surface area contributed by atoms with Crippen LogP contribution in [-0.4, -0.2) is 42.3 Å². The summed E-state index contributed by atoms with van der Waals surface area (Å²) in [4.78, 5) is 14.2. The van der Waals surface area contributed by atoms with Gasteiger partial charge in [0.05, 0.1) is 5.54 Å². The Morgan fingerprint density at radius 1 is 1.50 bits per heavy atom. The summed E-state index contributed by atoms with van der Waals surface area (Å²) in [7, 11) is 1.93. The quantitative estimate of drug-likeness (QED) is 0.826. The van der Waals surface area contributed by atoms with Crippen molar-refractivity contribution < 1.29 is 9.53 Å². The summed E-state index contributed by atoms with van der Waals surface area (Å²) in [6, 6.07) is 0. The highest BCUT2D eigenvalue weighted by molar-refractivity contribution is 5.69. The molecule has 0 aromatic heterocycles. The average Bonchev–Trinajstić information content (AvgIpc) is 2.20. The van der Waals surface area contributed by atoms with E-state index in [1.54, 1.807) is 0 Å². The van der Waals surface area contributed by atoms with Gasteiger partial charge in [-0.1, -0.05) is 6.92 Å². The molecule has 1 fully saturated rings. The van der Waals surface area contributed by atoms with E-state index < -0.39 is 5.60 Å². The number of ether oxygens (including phenoxy) is 1.